The topological polar surface area (TPSA) is 99.4 Å². The van der Waals surface area contributed by atoms with Gasteiger partial charge < -0.3 is 29.9 Å². The summed E-state index contributed by atoms with van der Waals surface area (Å²) in [7, 11) is 0. The maximum absolute atomic E-state index is 12.2. The molecular weight excluding hydrogens is 685 g/mol. The molecular formula is C49H66O6. The molecule has 0 saturated heterocycles. The average Bonchev–Trinajstić information content (AvgIpc) is 3.05. The fourth-order valence-corrected chi connectivity index (χ4v) is 7.33. The van der Waals surface area contributed by atoms with Gasteiger partial charge in [0.2, 0.25) is 0 Å². The minimum absolute atomic E-state index is 0.0252. The van der Waals surface area contributed by atoms with Crippen molar-refractivity contribution in [1.82, 2.24) is 0 Å². The van der Waals surface area contributed by atoms with Gasteiger partial charge in [-0.25, -0.2) is 0 Å². The van der Waals surface area contributed by atoms with Gasteiger partial charge in [-0.3, -0.25) is 0 Å². The molecule has 0 aromatic heterocycles. The number of hydrogen-bond donors (Lipinski definition) is 4. The number of rotatable bonds is 6. The Bertz CT molecular complexity index is 1910. The van der Waals surface area contributed by atoms with E-state index in [4.69, 9.17) is 9.47 Å². The number of phenolic OH excluding ortho intramolecular Hbond substituents is 3. The van der Waals surface area contributed by atoms with Crippen molar-refractivity contribution >= 4 is 0 Å². The Morgan fingerprint density at radius 2 is 0.709 bits per heavy atom. The van der Waals surface area contributed by atoms with Gasteiger partial charge in [0.15, 0.2) is 0 Å². The summed E-state index contributed by atoms with van der Waals surface area (Å²) in [5, 5.41) is 47.4. The SMILES string of the molecule is CCOCC(O)COc1c2cc(C(C)(C)C)cc1Cc1cc(C(C)(C)C)cc(c1O)Cc1cc(C(C)(C)C)cc(c1O)Cc1cc(C(C)(C)C)cc(c1O)C2. The van der Waals surface area contributed by atoms with Crippen LogP contribution in [0.4, 0.5) is 0 Å². The molecule has 0 fully saturated rings. The molecule has 0 saturated carbocycles. The lowest BCUT2D eigenvalue weighted by Crippen LogP contribution is -2.24. The summed E-state index contributed by atoms with van der Waals surface area (Å²) in [5.74, 6) is 1.22. The van der Waals surface area contributed by atoms with Crippen LogP contribution >= 0.6 is 0 Å². The fraction of sp³-hybridized carbons (Fsp3) is 0.510. The molecule has 6 nitrogen and oxygen atoms in total. The molecule has 5 rings (SSSR count). The summed E-state index contributed by atoms with van der Waals surface area (Å²) >= 11 is 0. The molecule has 0 heterocycles. The molecule has 0 radical (unpaired) electrons. The Labute approximate surface area is 330 Å². The van der Waals surface area contributed by atoms with Gasteiger partial charge in [-0.2, -0.15) is 0 Å². The Morgan fingerprint density at radius 1 is 0.455 bits per heavy atom. The minimum Gasteiger partial charge on any atom is -0.507 e. The molecule has 298 valence electrons. The van der Waals surface area contributed by atoms with Crippen LogP contribution in [0.15, 0.2) is 48.5 Å². The summed E-state index contributed by atoms with van der Waals surface area (Å²) in [6, 6.07) is 16.8. The highest BCUT2D eigenvalue weighted by Crippen LogP contribution is 2.43. The molecule has 8 bridgehead atoms. The van der Waals surface area contributed by atoms with Gasteiger partial charge in [0, 0.05) is 32.3 Å². The molecule has 0 spiro atoms. The smallest absolute Gasteiger partial charge is 0.126 e. The van der Waals surface area contributed by atoms with Crippen molar-refractivity contribution in [3.05, 3.63) is 115 Å². The maximum atomic E-state index is 12.2. The number of phenols is 3. The zero-order valence-electron chi connectivity index (χ0n) is 35.8. The number of aliphatic hydroxyl groups is 1. The number of ether oxygens (including phenoxy) is 2. The van der Waals surface area contributed by atoms with Crippen LogP contribution in [-0.4, -0.2) is 46.4 Å². The van der Waals surface area contributed by atoms with Crippen LogP contribution in [0.3, 0.4) is 0 Å². The van der Waals surface area contributed by atoms with Gasteiger partial charge >= 0.3 is 0 Å². The first-order valence-corrected chi connectivity index (χ1v) is 20.0. The van der Waals surface area contributed by atoms with Crippen molar-refractivity contribution in [1.29, 1.82) is 0 Å². The summed E-state index contributed by atoms with van der Waals surface area (Å²) in [5.41, 5.74) is 9.73. The molecule has 1 unspecified atom stereocenters. The highest BCUT2D eigenvalue weighted by atomic mass is 16.5. The van der Waals surface area contributed by atoms with Gasteiger partial charge in [0.1, 0.15) is 35.7 Å². The van der Waals surface area contributed by atoms with Crippen molar-refractivity contribution in [3.63, 3.8) is 0 Å². The van der Waals surface area contributed by atoms with E-state index in [0.717, 1.165) is 66.8 Å². The van der Waals surface area contributed by atoms with Gasteiger partial charge in [0.25, 0.3) is 0 Å². The second-order valence-electron chi connectivity index (χ2n) is 19.9. The summed E-state index contributed by atoms with van der Waals surface area (Å²) in [4.78, 5) is 0. The lowest BCUT2D eigenvalue weighted by atomic mass is 9.79. The molecule has 6 heteroatoms. The lowest BCUT2D eigenvalue weighted by Gasteiger charge is -2.28. The number of fused-ring (bicyclic) bond motifs is 8. The summed E-state index contributed by atoms with van der Waals surface area (Å²) in [6.07, 6.45) is 0.550. The Morgan fingerprint density at radius 3 is 0.964 bits per heavy atom. The third-order valence-electron chi connectivity index (χ3n) is 11.0. The molecule has 1 aliphatic carbocycles. The first-order valence-electron chi connectivity index (χ1n) is 20.0. The van der Waals surface area contributed by atoms with E-state index in [2.05, 4.69) is 132 Å². The van der Waals surface area contributed by atoms with Gasteiger partial charge in [-0.05, 0) is 95.3 Å². The van der Waals surface area contributed by atoms with Gasteiger partial charge in [-0.1, -0.05) is 132 Å². The second kappa shape index (κ2) is 15.5. The largest absolute Gasteiger partial charge is 0.507 e. The van der Waals surface area contributed by atoms with Crippen molar-refractivity contribution < 1.29 is 29.9 Å². The molecule has 4 aromatic rings. The van der Waals surface area contributed by atoms with Crippen LogP contribution in [-0.2, 0) is 52.1 Å². The standard InChI is InChI=1S/C49H66O6/c1-14-54-27-41(50)28-55-45-35-17-33-23-38(47(5,6)7)21-31(43(33)52)15-29-19-37(46(2,3)4)20-30(42(29)51)16-32-22-39(48(8,9)10)24-34(44(32)53)18-36(45)26-40(25-35)49(11,12)13/h19-26,41,50-53H,14-18,27-28H2,1-13H3. The van der Waals surface area contributed by atoms with Crippen LogP contribution in [0.1, 0.15) is 157 Å². The molecule has 0 aliphatic heterocycles. The maximum Gasteiger partial charge on any atom is 0.126 e. The summed E-state index contributed by atoms with van der Waals surface area (Å²) in [6.45, 7) is 28.7. The van der Waals surface area contributed by atoms with E-state index >= 15 is 0 Å². The molecule has 0 amide bonds. The Hall–Kier alpha value is -4.00. The van der Waals surface area contributed by atoms with Crippen molar-refractivity contribution in [2.24, 2.45) is 0 Å². The average molecular weight is 751 g/mol. The molecule has 1 atom stereocenters. The Kier molecular flexibility index (Phi) is 11.9. The van der Waals surface area contributed by atoms with E-state index in [1.807, 2.05) is 6.92 Å². The van der Waals surface area contributed by atoms with Crippen LogP contribution < -0.4 is 4.74 Å². The minimum atomic E-state index is -0.839. The van der Waals surface area contributed by atoms with E-state index < -0.39 is 6.10 Å². The molecule has 4 aromatic carbocycles. The predicted molar refractivity (Wildman–Crippen MR) is 225 cm³/mol. The van der Waals surface area contributed by atoms with Gasteiger partial charge in [-0.15, -0.1) is 0 Å². The van der Waals surface area contributed by atoms with E-state index in [1.54, 1.807) is 0 Å². The number of hydrogen-bond acceptors (Lipinski definition) is 6. The van der Waals surface area contributed by atoms with Crippen LogP contribution in [0.25, 0.3) is 0 Å². The molecule has 1 aliphatic rings. The van der Waals surface area contributed by atoms with E-state index in [1.165, 1.54) is 0 Å². The fourth-order valence-electron chi connectivity index (χ4n) is 7.33. The van der Waals surface area contributed by atoms with Crippen LogP contribution in [0.5, 0.6) is 23.0 Å². The van der Waals surface area contributed by atoms with E-state index in [-0.39, 0.29) is 52.1 Å². The number of benzene rings is 4. The summed E-state index contributed by atoms with van der Waals surface area (Å²) < 4.78 is 12.2. The second-order valence-corrected chi connectivity index (χ2v) is 19.9. The molecule has 4 N–H and O–H groups in total. The van der Waals surface area contributed by atoms with E-state index in [9.17, 15) is 20.4 Å². The lowest BCUT2D eigenvalue weighted by molar-refractivity contribution is 0.0161. The van der Waals surface area contributed by atoms with Gasteiger partial charge in [0.05, 0.1) is 6.61 Å². The molecule has 55 heavy (non-hydrogen) atoms. The van der Waals surface area contributed by atoms with Crippen LogP contribution in [0.2, 0.25) is 0 Å². The third kappa shape index (κ3) is 9.70. The number of aromatic hydroxyl groups is 3. The van der Waals surface area contributed by atoms with Crippen molar-refractivity contribution in [3.8, 4) is 23.0 Å². The van der Waals surface area contributed by atoms with Crippen LogP contribution in [0, 0.1) is 0 Å². The third-order valence-corrected chi connectivity index (χ3v) is 11.0. The quantitative estimate of drug-likeness (QED) is 0.138. The zero-order valence-corrected chi connectivity index (χ0v) is 35.8. The van der Waals surface area contributed by atoms with Crippen molar-refractivity contribution in [2.45, 2.75) is 143 Å². The van der Waals surface area contributed by atoms with E-state index in [0.29, 0.717) is 38.0 Å². The first-order chi connectivity index (χ1) is 25.4. The number of aliphatic hydroxyl groups excluding tert-OH is 1. The Balaban J connectivity index is 1.89. The normalized spacial score (nSPS) is 14.5. The highest BCUT2D eigenvalue weighted by molar-refractivity contribution is 5.59. The van der Waals surface area contributed by atoms with Crippen molar-refractivity contribution in [2.75, 3.05) is 19.8 Å². The first kappa shape index (κ1) is 42.1. The monoisotopic (exact) mass is 750 g/mol. The highest BCUT2D eigenvalue weighted by Gasteiger charge is 2.28. The predicted octanol–water partition coefficient (Wildman–Crippen LogP) is 10.4. The zero-order chi connectivity index (χ0) is 40.8.